The molecule has 0 radical (unpaired) electrons. The van der Waals surface area contributed by atoms with Crippen molar-refractivity contribution >= 4 is 33.0 Å². The summed E-state index contributed by atoms with van der Waals surface area (Å²) in [5.74, 6) is 0. The molecular formula is C12H15BrN4OS. The molecule has 0 aliphatic heterocycles. The molecule has 0 aliphatic rings. The largest absolute Gasteiger partial charge is 0.373 e. The summed E-state index contributed by atoms with van der Waals surface area (Å²) >= 11 is 4.94. The van der Waals surface area contributed by atoms with E-state index in [0.29, 0.717) is 16.7 Å². The first-order chi connectivity index (χ1) is 9.17. The second-order valence-electron chi connectivity index (χ2n) is 3.97. The van der Waals surface area contributed by atoms with Gasteiger partial charge in [-0.25, -0.2) is 9.67 Å². The van der Waals surface area contributed by atoms with Gasteiger partial charge in [-0.05, 0) is 29.3 Å². The normalized spacial score (nSPS) is 12.4. The Bertz CT molecular complexity index is 596. The number of aryl methyl sites for hydroxylation is 1. The zero-order valence-corrected chi connectivity index (χ0v) is 13.2. The molecule has 2 heterocycles. The summed E-state index contributed by atoms with van der Waals surface area (Å²) in [6.07, 6.45) is 4.34. The first-order valence-corrected chi connectivity index (χ1v) is 7.76. The van der Waals surface area contributed by atoms with Crippen molar-refractivity contribution in [3.63, 3.8) is 0 Å². The zero-order chi connectivity index (χ0) is 13.8. The molecule has 2 aromatic heterocycles. The molecule has 2 aromatic rings. The summed E-state index contributed by atoms with van der Waals surface area (Å²) in [6, 6.07) is 0.0926. The van der Waals surface area contributed by atoms with Gasteiger partial charge in [0.25, 0.3) is 5.56 Å². The van der Waals surface area contributed by atoms with Crippen molar-refractivity contribution in [2.45, 2.75) is 32.9 Å². The third-order valence-corrected chi connectivity index (χ3v) is 4.43. The second-order valence-corrected chi connectivity index (χ2v) is 5.69. The summed E-state index contributed by atoms with van der Waals surface area (Å²) in [5, 5.41) is 10.4. The lowest BCUT2D eigenvalue weighted by Gasteiger charge is -2.16. The molecule has 5 nitrogen and oxygen atoms in total. The SMILES string of the molecule is CCC(Nc1cnn(CC)c(=O)c1Br)c1nccs1. The Morgan fingerprint density at radius 2 is 2.32 bits per heavy atom. The first kappa shape index (κ1) is 14.2. The monoisotopic (exact) mass is 342 g/mol. The van der Waals surface area contributed by atoms with Crippen molar-refractivity contribution in [2.24, 2.45) is 0 Å². The van der Waals surface area contributed by atoms with Crippen LogP contribution < -0.4 is 10.9 Å². The average molecular weight is 343 g/mol. The lowest BCUT2D eigenvalue weighted by Crippen LogP contribution is -2.24. The van der Waals surface area contributed by atoms with Gasteiger partial charge in [0.15, 0.2) is 0 Å². The van der Waals surface area contributed by atoms with Gasteiger partial charge in [-0.15, -0.1) is 11.3 Å². The van der Waals surface area contributed by atoms with Gasteiger partial charge in [0.05, 0.1) is 17.9 Å². The van der Waals surface area contributed by atoms with Crippen LogP contribution in [0, 0.1) is 0 Å². The Morgan fingerprint density at radius 1 is 1.53 bits per heavy atom. The van der Waals surface area contributed by atoms with E-state index >= 15 is 0 Å². The third-order valence-electron chi connectivity index (χ3n) is 2.77. The topological polar surface area (TPSA) is 59.8 Å². The highest BCUT2D eigenvalue weighted by atomic mass is 79.9. The third kappa shape index (κ3) is 3.03. The fourth-order valence-electron chi connectivity index (χ4n) is 1.72. The van der Waals surface area contributed by atoms with Crippen molar-refractivity contribution < 1.29 is 0 Å². The molecule has 2 rings (SSSR count). The molecular weight excluding hydrogens is 328 g/mol. The number of hydrogen-bond acceptors (Lipinski definition) is 5. The summed E-state index contributed by atoms with van der Waals surface area (Å²) in [4.78, 5) is 16.3. The van der Waals surface area contributed by atoms with Gasteiger partial charge in [-0.2, -0.15) is 5.10 Å². The summed E-state index contributed by atoms with van der Waals surface area (Å²) in [6.45, 7) is 4.52. The highest BCUT2D eigenvalue weighted by Crippen LogP contribution is 2.26. The highest BCUT2D eigenvalue weighted by Gasteiger charge is 2.15. The van der Waals surface area contributed by atoms with Gasteiger partial charge in [-0.3, -0.25) is 4.79 Å². The molecule has 0 aromatic carbocycles. The number of nitrogens with one attached hydrogen (secondary N) is 1. The molecule has 1 unspecified atom stereocenters. The fourth-order valence-corrected chi connectivity index (χ4v) is 2.92. The molecule has 0 spiro atoms. The predicted octanol–water partition coefficient (Wildman–Crippen LogP) is 3.05. The van der Waals surface area contributed by atoms with E-state index in [1.54, 1.807) is 23.7 Å². The molecule has 0 fully saturated rings. The Morgan fingerprint density at radius 3 is 2.89 bits per heavy atom. The molecule has 19 heavy (non-hydrogen) atoms. The van der Waals surface area contributed by atoms with E-state index in [1.807, 2.05) is 12.3 Å². The highest BCUT2D eigenvalue weighted by molar-refractivity contribution is 9.10. The number of nitrogens with zero attached hydrogens (tertiary/aromatic N) is 3. The van der Waals surface area contributed by atoms with Crippen LogP contribution in [-0.4, -0.2) is 14.8 Å². The average Bonchev–Trinajstić information content (AvgIpc) is 2.94. The molecule has 1 atom stereocenters. The quantitative estimate of drug-likeness (QED) is 0.907. The van der Waals surface area contributed by atoms with Gasteiger partial charge < -0.3 is 5.32 Å². The number of halogens is 1. The number of rotatable bonds is 5. The fraction of sp³-hybridized carbons (Fsp3) is 0.417. The maximum absolute atomic E-state index is 12.0. The van der Waals surface area contributed by atoms with Crippen LogP contribution in [0.3, 0.4) is 0 Å². The van der Waals surface area contributed by atoms with E-state index in [0.717, 1.165) is 11.4 Å². The lowest BCUT2D eigenvalue weighted by atomic mass is 10.2. The van der Waals surface area contributed by atoms with Crippen LogP contribution in [0.4, 0.5) is 5.69 Å². The van der Waals surface area contributed by atoms with E-state index in [2.05, 4.69) is 38.3 Å². The van der Waals surface area contributed by atoms with Gasteiger partial charge in [0.2, 0.25) is 0 Å². The van der Waals surface area contributed by atoms with Crippen LogP contribution in [0.2, 0.25) is 0 Å². The molecule has 0 saturated heterocycles. The van der Waals surface area contributed by atoms with E-state index in [-0.39, 0.29) is 11.6 Å². The van der Waals surface area contributed by atoms with Crippen molar-refractivity contribution in [3.05, 3.63) is 37.6 Å². The minimum atomic E-state index is -0.124. The van der Waals surface area contributed by atoms with E-state index in [1.165, 1.54) is 4.68 Å². The Labute approximate surface area is 123 Å². The molecule has 0 saturated carbocycles. The first-order valence-electron chi connectivity index (χ1n) is 6.08. The molecule has 0 amide bonds. The smallest absolute Gasteiger partial charge is 0.283 e. The molecule has 1 N–H and O–H groups in total. The minimum absolute atomic E-state index is 0.0926. The van der Waals surface area contributed by atoms with Gasteiger partial charge in [-0.1, -0.05) is 6.92 Å². The van der Waals surface area contributed by atoms with Crippen LogP contribution in [0.1, 0.15) is 31.3 Å². The maximum Gasteiger partial charge on any atom is 0.283 e. The molecule has 102 valence electrons. The van der Waals surface area contributed by atoms with Crippen molar-refractivity contribution in [1.29, 1.82) is 0 Å². The minimum Gasteiger partial charge on any atom is -0.373 e. The van der Waals surface area contributed by atoms with Crippen LogP contribution in [0.5, 0.6) is 0 Å². The maximum atomic E-state index is 12.0. The van der Waals surface area contributed by atoms with Crippen molar-refractivity contribution in [3.8, 4) is 0 Å². The van der Waals surface area contributed by atoms with Crippen LogP contribution in [0.25, 0.3) is 0 Å². The van der Waals surface area contributed by atoms with E-state index in [9.17, 15) is 4.79 Å². The number of aromatic nitrogens is 3. The Kier molecular flexibility index (Phi) is 4.71. The molecule has 0 aliphatic carbocycles. The summed E-state index contributed by atoms with van der Waals surface area (Å²) in [5.41, 5.74) is 0.582. The van der Waals surface area contributed by atoms with Gasteiger partial charge in [0, 0.05) is 18.1 Å². The summed E-state index contributed by atoms with van der Waals surface area (Å²) in [7, 11) is 0. The Hall–Kier alpha value is -1.21. The van der Waals surface area contributed by atoms with Crippen molar-refractivity contribution in [2.75, 3.05) is 5.32 Å². The lowest BCUT2D eigenvalue weighted by molar-refractivity contribution is 0.611. The Balaban J connectivity index is 2.28. The van der Waals surface area contributed by atoms with Crippen molar-refractivity contribution in [1.82, 2.24) is 14.8 Å². The number of hydrogen-bond donors (Lipinski definition) is 1. The summed E-state index contributed by atoms with van der Waals surface area (Å²) < 4.78 is 1.93. The van der Waals surface area contributed by atoms with E-state index < -0.39 is 0 Å². The number of thiazole rings is 1. The van der Waals surface area contributed by atoms with Crippen LogP contribution in [-0.2, 0) is 6.54 Å². The van der Waals surface area contributed by atoms with E-state index in [4.69, 9.17) is 0 Å². The molecule has 0 bridgehead atoms. The number of anilines is 1. The van der Waals surface area contributed by atoms with Gasteiger partial charge in [0.1, 0.15) is 9.48 Å². The standard InChI is InChI=1S/C12H15BrN4OS/c1-3-8(11-14-5-6-19-11)16-9-7-15-17(4-2)12(18)10(9)13/h5-8,16H,3-4H2,1-2H3. The molecule has 7 heteroatoms. The van der Waals surface area contributed by atoms with Gasteiger partial charge >= 0.3 is 0 Å². The zero-order valence-electron chi connectivity index (χ0n) is 10.8. The predicted molar refractivity (Wildman–Crippen MR) is 80.6 cm³/mol. The second kappa shape index (κ2) is 6.29. The van der Waals surface area contributed by atoms with Crippen LogP contribution >= 0.6 is 27.3 Å². The van der Waals surface area contributed by atoms with Crippen LogP contribution in [0.15, 0.2) is 27.0 Å².